The molecule has 1 aliphatic heterocycles. The first-order valence-corrected chi connectivity index (χ1v) is 6.20. The quantitative estimate of drug-likeness (QED) is 0.744. The van der Waals surface area contributed by atoms with Crippen LogP contribution in [-0.2, 0) is 9.47 Å². The van der Waals surface area contributed by atoms with E-state index in [1.54, 1.807) is 7.11 Å². The van der Waals surface area contributed by atoms with Crippen molar-refractivity contribution in [2.45, 2.75) is 13.0 Å². The van der Waals surface area contributed by atoms with Crippen molar-refractivity contribution < 1.29 is 9.47 Å². The van der Waals surface area contributed by atoms with E-state index in [9.17, 15) is 0 Å². The summed E-state index contributed by atoms with van der Waals surface area (Å²) in [6, 6.07) is 1.94. The minimum Gasteiger partial charge on any atom is -0.383 e. The first-order valence-electron chi connectivity index (χ1n) is 6.20. The minimum atomic E-state index is 0.0171. The van der Waals surface area contributed by atoms with Gasteiger partial charge in [0.05, 0.1) is 18.9 Å². The van der Waals surface area contributed by atoms with Crippen molar-refractivity contribution in [3.63, 3.8) is 0 Å². The summed E-state index contributed by atoms with van der Waals surface area (Å²) in [6.07, 6.45) is 0.0171. The number of hydrogen-bond acceptors (Lipinski definition) is 6. The highest BCUT2D eigenvalue weighted by molar-refractivity contribution is 5.36. The van der Waals surface area contributed by atoms with E-state index in [4.69, 9.17) is 9.47 Å². The molecule has 1 aromatic rings. The van der Waals surface area contributed by atoms with Crippen molar-refractivity contribution in [1.82, 2.24) is 15.3 Å². The van der Waals surface area contributed by atoms with E-state index in [1.165, 1.54) is 0 Å². The monoisotopic (exact) mass is 252 g/mol. The number of hydrogen-bond donors (Lipinski definition) is 2. The predicted molar refractivity (Wildman–Crippen MR) is 68.7 cm³/mol. The standard InChI is InChI=1S/C12H20N4O2/c1-9-15-10(11-8-13-3-6-18-11)7-12(16-9)14-4-5-17-2/h7,11,13H,3-6,8H2,1-2H3,(H,14,15,16)/t11-/m1/s1. The van der Waals surface area contributed by atoms with Crippen molar-refractivity contribution >= 4 is 5.82 Å². The van der Waals surface area contributed by atoms with Crippen LogP contribution in [0.2, 0.25) is 0 Å². The molecule has 1 atom stereocenters. The Hall–Kier alpha value is -1.24. The molecule has 6 heteroatoms. The molecule has 0 aliphatic carbocycles. The van der Waals surface area contributed by atoms with Gasteiger partial charge in [0.25, 0.3) is 0 Å². The van der Waals surface area contributed by atoms with E-state index in [2.05, 4.69) is 20.6 Å². The van der Waals surface area contributed by atoms with E-state index < -0.39 is 0 Å². The van der Waals surface area contributed by atoms with Gasteiger partial charge in [-0.1, -0.05) is 0 Å². The molecule has 1 saturated heterocycles. The topological polar surface area (TPSA) is 68.3 Å². The van der Waals surface area contributed by atoms with E-state index >= 15 is 0 Å². The molecule has 0 unspecified atom stereocenters. The minimum absolute atomic E-state index is 0.0171. The number of nitrogens with zero attached hydrogens (tertiary/aromatic N) is 2. The molecule has 0 saturated carbocycles. The smallest absolute Gasteiger partial charge is 0.130 e. The van der Waals surface area contributed by atoms with Crippen LogP contribution >= 0.6 is 0 Å². The molecule has 1 aromatic heterocycles. The van der Waals surface area contributed by atoms with Gasteiger partial charge < -0.3 is 20.1 Å². The van der Waals surface area contributed by atoms with E-state index in [-0.39, 0.29) is 6.10 Å². The highest BCUT2D eigenvalue weighted by Gasteiger charge is 2.18. The Labute approximate surface area is 107 Å². The lowest BCUT2D eigenvalue weighted by Gasteiger charge is -2.23. The molecule has 0 radical (unpaired) electrons. The second-order valence-electron chi connectivity index (χ2n) is 4.21. The van der Waals surface area contributed by atoms with E-state index in [1.807, 2.05) is 13.0 Å². The molecule has 0 aromatic carbocycles. The predicted octanol–water partition coefficient (Wildman–Crippen LogP) is 0.504. The molecule has 0 spiro atoms. The second kappa shape index (κ2) is 6.63. The fraction of sp³-hybridized carbons (Fsp3) is 0.667. The lowest BCUT2D eigenvalue weighted by atomic mass is 10.2. The zero-order chi connectivity index (χ0) is 12.8. The third-order valence-corrected chi connectivity index (χ3v) is 2.73. The molecule has 0 amide bonds. The molecule has 2 N–H and O–H groups in total. The molecular weight excluding hydrogens is 232 g/mol. The van der Waals surface area contributed by atoms with Gasteiger partial charge in [-0.05, 0) is 6.92 Å². The van der Waals surface area contributed by atoms with Crippen molar-refractivity contribution in [2.75, 3.05) is 45.3 Å². The van der Waals surface area contributed by atoms with Crippen LogP contribution in [0.25, 0.3) is 0 Å². The Bertz CT molecular complexity index is 380. The summed E-state index contributed by atoms with van der Waals surface area (Å²) < 4.78 is 10.7. The molecule has 1 aliphatic rings. The maximum absolute atomic E-state index is 5.69. The van der Waals surface area contributed by atoms with Gasteiger partial charge in [-0.25, -0.2) is 9.97 Å². The van der Waals surface area contributed by atoms with Gasteiger partial charge in [-0.2, -0.15) is 0 Å². The van der Waals surface area contributed by atoms with Crippen LogP contribution in [0.1, 0.15) is 17.6 Å². The number of morpholine rings is 1. The van der Waals surface area contributed by atoms with Crippen LogP contribution in [0.15, 0.2) is 6.07 Å². The lowest BCUT2D eigenvalue weighted by molar-refractivity contribution is 0.0249. The molecule has 6 nitrogen and oxygen atoms in total. The van der Waals surface area contributed by atoms with Gasteiger partial charge in [0.15, 0.2) is 0 Å². The maximum atomic E-state index is 5.69. The number of nitrogens with one attached hydrogen (secondary N) is 2. The normalized spacial score (nSPS) is 19.8. The Balaban J connectivity index is 2.05. The average molecular weight is 252 g/mol. The Morgan fingerprint density at radius 1 is 1.56 bits per heavy atom. The summed E-state index contributed by atoms with van der Waals surface area (Å²) in [5, 5.41) is 6.51. The third-order valence-electron chi connectivity index (χ3n) is 2.73. The Morgan fingerprint density at radius 3 is 3.17 bits per heavy atom. The number of aryl methyl sites for hydroxylation is 1. The van der Waals surface area contributed by atoms with Crippen LogP contribution in [0, 0.1) is 6.92 Å². The van der Waals surface area contributed by atoms with Gasteiger partial charge in [0, 0.05) is 32.8 Å². The molecule has 2 rings (SSSR count). The van der Waals surface area contributed by atoms with E-state index in [0.717, 1.165) is 43.6 Å². The Kier molecular flexibility index (Phi) is 4.86. The van der Waals surface area contributed by atoms with Gasteiger partial charge in [0.1, 0.15) is 17.7 Å². The van der Waals surface area contributed by atoms with E-state index in [0.29, 0.717) is 6.61 Å². The molecule has 1 fully saturated rings. The van der Waals surface area contributed by atoms with Crippen LogP contribution in [0.4, 0.5) is 5.82 Å². The van der Waals surface area contributed by atoms with Gasteiger partial charge in [0.2, 0.25) is 0 Å². The van der Waals surface area contributed by atoms with Crippen LogP contribution < -0.4 is 10.6 Å². The molecule has 0 bridgehead atoms. The first kappa shape index (κ1) is 13.2. The molecule has 2 heterocycles. The zero-order valence-corrected chi connectivity index (χ0v) is 10.9. The SMILES string of the molecule is COCCNc1cc([C@H]2CNCCO2)nc(C)n1. The average Bonchev–Trinajstić information content (AvgIpc) is 2.39. The number of methoxy groups -OCH3 is 1. The number of aromatic nitrogens is 2. The summed E-state index contributed by atoms with van der Waals surface area (Å²) in [5.41, 5.74) is 0.926. The van der Waals surface area contributed by atoms with Crippen molar-refractivity contribution in [3.8, 4) is 0 Å². The van der Waals surface area contributed by atoms with Gasteiger partial charge >= 0.3 is 0 Å². The fourth-order valence-corrected chi connectivity index (χ4v) is 1.88. The van der Waals surface area contributed by atoms with Crippen LogP contribution in [0.3, 0.4) is 0 Å². The molecule has 18 heavy (non-hydrogen) atoms. The largest absolute Gasteiger partial charge is 0.383 e. The fourth-order valence-electron chi connectivity index (χ4n) is 1.88. The summed E-state index contributed by atoms with van der Waals surface area (Å²) in [6.45, 7) is 5.70. The van der Waals surface area contributed by atoms with Crippen molar-refractivity contribution in [2.24, 2.45) is 0 Å². The van der Waals surface area contributed by atoms with Gasteiger partial charge in [-0.3, -0.25) is 0 Å². The zero-order valence-electron chi connectivity index (χ0n) is 10.9. The third kappa shape index (κ3) is 3.63. The summed E-state index contributed by atoms with van der Waals surface area (Å²) in [5.74, 6) is 1.57. The second-order valence-corrected chi connectivity index (χ2v) is 4.21. The van der Waals surface area contributed by atoms with Crippen molar-refractivity contribution in [1.29, 1.82) is 0 Å². The lowest BCUT2D eigenvalue weighted by Crippen LogP contribution is -2.34. The Morgan fingerprint density at radius 2 is 2.44 bits per heavy atom. The highest BCUT2D eigenvalue weighted by atomic mass is 16.5. The highest BCUT2D eigenvalue weighted by Crippen LogP contribution is 2.19. The molecule has 100 valence electrons. The molecular formula is C12H20N4O2. The maximum Gasteiger partial charge on any atom is 0.130 e. The number of anilines is 1. The number of ether oxygens (including phenoxy) is 2. The van der Waals surface area contributed by atoms with Crippen LogP contribution in [-0.4, -0.2) is 49.9 Å². The summed E-state index contributed by atoms with van der Waals surface area (Å²) in [7, 11) is 1.68. The summed E-state index contributed by atoms with van der Waals surface area (Å²) >= 11 is 0. The van der Waals surface area contributed by atoms with Crippen molar-refractivity contribution in [3.05, 3.63) is 17.6 Å². The van der Waals surface area contributed by atoms with Gasteiger partial charge in [-0.15, -0.1) is 0 Å². The van der Waals surface area contributed by atoms with Crippen LogP contribution in [0.5, 0.6) is 0 Å². The first-order chi connectivity index (χ1) is 8.79. The number of rotatable bonds is 5. The summed E-state index contributed by atoms with van der Waals surface area (Å²) in [4.78, 5) is 8.79.